The second-order valence-corrected chi connectivity index (χ2v) is 6.75. The number of nitrogens with zero attached hydrogens (tertiary/aromatic N) is 5. The second kappa shape index (κ2) is 6.52. The van der Waals surface area contributed by atoms with E-state index in [0.29, 0.717) is 13.0 Å². The molecule has 25 heavy (non-hydrogen) atoms. The van der Waals surface area contributed by atoms with Crippen LogP contribution in [0.25, 0.3) is 10.6 Å². The van der Waals surface area contributed by atoms with E-state index in [1.807, 2.05) is 70.4 Å². The van der Waals surface area contributed by atoms with Crippen molar-refractivity contribution in [2.24, 2.45) is 0 Å². The van der Waals surface area contributed by atoms with Crippen LogP contribution in [0.15, 0.2) is 60.5 Å². The van der Waals surface area contributed by atoms with E-state index in [-0.39, 0.29) is 5.91 Å². The Morgan fingerprint density at radius 3 is 3.00 bits per heavy atom. The topological polar surface area (TPSA) is 55.4 Å². The Bertz CT molecular complexity index is 973. The van der Waals surface area contributed by atoms with Crippen molar-refractivity contribution in [3.8, 4) is 5.69 Å². The number of benzene rings is 1. The Hall–Kier alpha value is -2.93. The number of amides is 1. The minimum atomic E-state index is 0.0512. The number of thiazole rings is 1. The van der Waals surface area contributed by atoms with E-state index in [9.17, 15) is 4.79 Å². The molecule has 1 aromatic carbocycles. The Kier molecular flexibility index (Phi) is 4.07. The van der Waals surface area contributed by atoms with Gasteiger partial charge in [0, 0.05) is 43.8 Å². The molecule has 4 aromatic rings. The molecular formula is C18H17N5OS. The van der Waals surface area contributed by atoms with Crippen LogP contribution in [0.5, 0.6) is 0 Å². The van der Waals surface area contributed by atoms with Crippen LogP contribution in [-0.2, 0) is 17.8 Å². The lowest BCUT2D eigenvalue weighted by Gasteiger charge is -2.17. The van der Waals surface area contributed by atoms with Gasteiger partial charge >= 0.3 is 0 Å². The molecule has 0 spiro atoms. The van der Waals surface area contributed by atoms with Gasteiger partial charge in [0.15, 0.2) is 4.96 Å². The van der Waals surface area contributed by atoms with Gasteiger partial charge in [-0.25, -0.2) is 9.67 Å². The summed E-state index contributed by atoms with van der Waals surface area (Å²) in [7, 11) is 1.82. The third kappa shape index (κ3) is 3.32. The SMILES string of the molecule is CN(Cc1cccc(-n2cccn2)c1)C(=O)Cc1cn2ccsc2n1. The van der Waals surface area contributed by atoms with Crippen LogP contribution in [0.2, 0.25) is 0 Å². The van der Waals surface area contributed by atoms with Crippen LogP contribution in [0.4, 0.5) is 0 Å². The van der Waals surface area contributed by atoms with E-state index in [4.69, 9.17) is 0 Å². The van der Waals surface area contributed by atoms with Crippen LogP contribution in [0.3, 0.4) is 0 Å². The first-order valence-corrected chi connectivity index (χ1v) is 8.81. The number of carbonyl (C=O) groups is 1. The zero-order valence-electron chi connectivity index (χ0n) is 13.7. The maximum absolute atomic E-state index is 12.5. The molecule has 0 saturated heterocycles. The summed E-state index contributed by atoms with van der Waals surface area (Å²) < 4.78 is 3.75. The highest BCUT2D eigenvalue weighted by Gasteiger charge is 2.13. The molecule has 0 unspecified atom stereocenters. The quantitative estimate of drug-likeness (QED) is 0.556. The molecule has 0 aliphatic carbocycles. The summed E-state index contributed by atoms with van der Waals surface area (Å²) in [6.45, 7) is 0.552. The van der Waals surface area contributed by atoms with E-state index in [1.165, 1.54) is 0 Å². The van der Waals surface area contributed by atoms with Gasteiger partial charge in [-0.15, -0.1) is 11.3 Å². The maximum Gasteiger partial charge on any atom is 0.228 e. The highest BCUT2D eigenvalue weighted by Crippen LogP contribution is 2.14. The molecule has 0 bridgehead atoms. The molecule has 0 aliphatic heterocycles. The number of likely N-dealkylation sites (N-methyl/N-ethyl adjacent to an activating group) is 1. The summed E-state index contributed by atoms with van der Waals surface area (Å²) in [6, 6.07) is 9.93. The average molecular weight is 351 g/mol. The van der Waals surface area contributed by atoms with Crippen molar-refractivity contribution in [3.05, 3.63) is 71.8 Å². The van der Waals surface area contributed by atoms with E-state index in [0.717, 1.165) is 21.9 Å². The fourth-order valence-corrected chi connectivity index (χ4v) is 3.45. The predicted molar refractivity (Wildman–Crippen MR) is 96.8 cm³/mol. The van der Waals surface area contributed by atoms with Gasteiger partial charge in [0.1, 0.15) is 0 Å². The number of hydrogen-bond acceptors (Lipinski definition) is 4. The summed E-state index contributed by atoms with van der Waals surface area (Å²) in [4.78, 5) is 19.6. The fourth-order valence-electron chi connectivity index (χ4n) is 2.73. The Morgan fingerprint density at radius 1 is 1.28 bits per heavy atom. The van der Waals surface area contributed by atoms with Gasteiger partial charge in [-0.2, -0.15) is 5.10 Å². The molecule has 0 saturated carbocycles. The van der Waals surface area contributed by atoms with Gasteiger partial charge in [-0.1, -0.05) is 12.1 Å². The Balaban J connectivity index is 1.44. The summed E-state index contributed by atoms with van der Waals surface area (Å²) >= 11 is 1.57. The summed E-state index contributed by atoms with van der Waals surface area (Å²) in [5, 5.41) is 6.22. The van der Waals surface area contributed by atoms with Gasteiger partial charge < -0.3 is 4.90 Å². The third-order valence-electron chi connectivity index (χ3n) is 4.00. The highest BCUT2D eigenvalue weighted by molar-refractivity contribution is 7.15. The van der Waals surface area contributed by atoms with E-state index >= 15 is 0 Å². The number of fused-ring (bicyclic) bond motifs is 1. The minimum absolute atomic E-state index is 0.0512. The standard InChI is InChI=1S/C18H17N5OS/c1-21(17(24)11-15-13-22-8-9-25-18(22)20-15)12-14-4-2-5-16(10-14)23-7-3-6-19-23/h2-10,13H,11-12H2,1H3. The number of rotatable bonds is 5. The van der Waals surface area contributed by atoms with Crippen molar-refractivity contribution >= 4 is 22.2 Å². The van der Waals surface area contributed by atoms with E-state index in [1.54, 1.807) is 22.4 Å². The van der Waals surface area contributed by atoms with Gasteiger partial charge in [0.2, 0.25) is 5.91 Å². The van der Waals surface area contributed by atoms with Crippen LogP contribution in [0, 0.1) is 0 Å². The monoisotopic (exact) mass is 351 g/mol. The molecular weight excluding hydrogens is 334 g/mol. The van der Waals surface area contributed by atoms with Gasteiger partial charge in [0.25, 0.3) is 0 Å². The van der Waals surface area contributed by atoms with Crippen LogP contribution in [-0.4, -0.2) is 37.0 Å². The second-order valence-electron chi connectivity index (χ2n) is 5.87. The zero-order chi connectivity index (χ0) is 17.2. The van der Waals surface area contributed by atoms with Crippen molar-refractivity contribution in [3.63, 3.8) is 0 Å². The maximum atomic E-state index is 12.5. The number of hydrogen-bond donors (Lipinski definition) is 0. The zero-order valence-corrected chi connectivity index (χ0v) is 14.6. The Labute approximate surface area is 149 Å². The largest absolute Gasteiger partial charge is 0.341 e. The van der Waals surface area contributed by atoms with Crippen molar-refractivity contribution < 1.29 is 4.79 Å². The van der Waals surface area contributed by atoms with Crippen molar-refractivity contribution in [2.75, 3.05) is 7.05 Å². The average Bonchev–Trinajstić information content (AvgIpc) is 3.32. The summed E-state index contributed by atoms with van der Waals surface area (Å²) in [6.07, 6.45) is 7.82. The number of aromatic nitrogens is 4. The third-order valence-corrected chi connectivity index (χ3v) is 4.77. The lowest BCUT2D eigenvalue weighted by Crippen LogP contribution is -2.27. The molecule has 3 aromatic heterocycles. The molecule has 4 rings (SSSR count). The van der Waals surface area contributed by atoms with Gasteiger partial charge in [0.05, 0.1) is 17.8 Å². The van der Waals surface area contributed by atoms with Gasteiger partial charge in [-0.3, -0.25) is 9.20 Å². The number of carbonyl (C=O) groups excluding carboxylic acids is 1. The minimum Gasteiger partial charge on any atom is -0.341 e. The normalized spacial score (nSPS) is 11.1. The molecule has 6 nitrogen and oxygen atoms in total. The van der Waals surface area contributed by atoms with Gasteiger partial charge in [-0.05, 0) is 23.8 Å². The molecule has 126 valence electrons. The van der Waals surface area contributed by atoms with E-state index in [2.05, 4.69) is 10.1 Å². The number of imidazole rings is 1. The molecule has 1 amide bonds. The lowest BCUT2D eigenvalue weighted by molar-refractivity contribution is -0.129. The molecule has 0 radical (unpaired) electrons. The summed E-state index contributed by atoms with van der Waals surface area (Å²) in [5.41, 5.74) is 2.85. The molecule has 0 aliphatic rings. The van der Waals surface area contributed by atoms with Crippen molar-refractivity contribution in [2.45, 2.75) is 13.0 Å². The molecule has 0 fully saturated rings. The molecule has 0 N–H and O–H groups in total. The smallest absolute Gasteiger partial charge is 0.228 e. The van der Waals surface area contributed by atoms with Crippen molar-refractivity contribution in [1.82, 2.24) is 24.1 Å². The van der Waals surface area contributed by atoms with Crippen molar-refractivity contribution in [1.29, 1.82) is 0 Å². The molecule has 3 heterocycles. The van der Waals surface area contributed by atoms with Crippen LogP contribution >= 0.6 is 11.3 Å². The molecule has 0 atom stereocenters. The highest BCUT2D eigenvalue weighted by atomic mass is 32.1. The molecule has 7 heteroatoms. The summed E-state index contributed by atoms with van der Waals surface area (Å²) in [5.74, 6) is 0.0512. The van der Waals surface area contributed by atoms with E-state index < -0.39 is 0 Å². The first-order chi connectivity index (χ1) is 12.2. The van der Waals surface area contributed by atoms with Crippen LogP contribution < -0.4 is 0 Å². The predicted octanol–water partition coefficient (Wildman–Crippen LogP) is 2.78. The lowest BCUT2D eigenvalue weighted by atomic mass is 10.2. The Morgan fingerprint density at radius 2 is 2.20 bits per heavy atom. The first-order valence-electron chi connectivity index (χ1n) is 7.93. The van der Waals surface area contributed by atoms with Crippen LogP contribution in [0.1, 0.15) is 11.3 Å². The first kappa shape index (κ1) is 15.6. The fraction of sp³-hybridized carbons (Fsp3) is 0.167.